The number of aromatic nitrogens is 1. The molecule has 0 atom stereocenters. The average molecular weight is 324 g/mol. The van der Waals surface area contributed by atoms with Gasteiger partial charge in [-0.05, 0) is 44.5 Å². The van der Waals surface area contributed by atoms with Gasteiger partial charge >= 0.3 is 0 Å². The van der Waals surface area contributed by atoms with Crippen molar-refractivity contribution < 1.29 is 4.74 Å². The summed E-state index contributed by atoms with van der Waals surface area (Å²) in [5.74, 6) is 0.708. The Hall–Kier alpha value is -2.33. The van der Waals surface area contributed by atoms with E-state index in [0.29, 0.717) is 18.0 Å². The molecule has 2 N–H and O–H groups in total. The van der Waals surface area contributed by atoms with Crippen LogP contribution >= 0.6 is 11.3 Å². The summed E-state index contributed by atoms with van der Waals surface area (Å²) < 4.78 is 5.84. The monoisotopic (exact) mass is 324 g/mol. The summed E-state index contributed by atoms with van der Waals surface area (Å²) in [5.41, 5.74) is 11.3. The Morgan fingerprint density at radius 1 is 1.04 bits per heavy atom. The highest BCUT2D eigenvalue weighted by atomic mass is 32.1. The van der Waals surface area contributed by atoms with Crippen LogP contribution in [0.3, 0.4) is 0 Å². The van der Waals surface area contributed by atoms with E-state index >= 15 is 0 Å². The first kappa shape index (κ1) is 15.6. The first-order valence-electron chi connectivity index (χ1n) is 7.55. The maximum Gasteiger partial charge on any atom is 0.142 e. The average Bonchev–Trinajstić information content (AvgIpc) is 2.87. The number of thiazole rings is 1. The van der Waals surface area contributed by atoms with Gasteiger partial charge in [0.1, 0.15) is 17.4 Å². The molecule has 23 heavy (non-hydrogen) atoms. The lowest BCUT2D eigenvalue weighted by Gasteiger charge is -2.10. The molecule has 0 amide bonds. The van der Waals surface area contributed by atoms with Gasteiger partial charge in [-0.1, -0.05) is 29.8 Å². The zero-order chi connectivity index (χ0) is 16.4. The van der Waals surface area contributed by atoms with Gasteiger partial charge in [0.2, 0.25) is 0 Å². The van der Waals surface area contributed by atoms with Gasteiger partial charge in [-0.2, -0.15) is 0 Å². The van der Waals surface area contributed by atoms with E-state index in [2.05, 4.69) is 43.1 Å². The Balaban J connectivity index is 1.75. The summed E-state index contributed by atoms with van der Waals surface area (Å²) in [6.07, 6.45) is 0. The molecular formula is C19H20N2OS. The molecule has 3 nitrogen and oxygen atoms in total. The van der Waals surface area contributed by atoms with Crippen molar-refractivity contribution in [3.05, 3.63) is 64.2 Å². The van der Waals surface area contributed by atoms with Crippen LogP contribution in [0.4, 0.5) is 5.69 Å². The van der Waals surface area contributed by atoms with Crippen molar-refractivity contribution in [2.24, 2.45) is 0 Å². The highest BCUT2D eigenvalue weighted by Gasteiger charge is 2.09. The maximum absolute atomic E-state index is 6.14. The van der Waals surface area contributed by atoms with Crippen LogP contribution in [-0.2, 0) is 6.61 Å². The molecule has 0 aliphatic heterocycles. The molecular weight excluding hydrogens is 304 g/mol. The van der Waals surface area contributed by atoms with Crippen molar-refractivity contribution in [1.29, 1.82) is 0 Å². The quantitative estimate of drug-likeness (QED) is 0.695. The molecule has 0 fully saturated rings. The molecule has 0 bridgehead atoms. The van der Waals surface area contributed by atoms with Crippen molar-refractivity contribution in [3.63, 3.8) is 0 Å². The minimum atomic E-state index is 0.513. The van der Waals surface area contributed by atoms with Crippen LogP contribution in [0.1, 0.15) is 21.7 Å². The number of rotatable bonds is 4. The molecule has 1 aromatic heterocycles. The Morgan fingerprint density at radius 3 is 2.39 bits per heavy atom. The van der Waals surface area contributed by atoms with E-state index in [4.69, 9.17) is 10.5 Å². The van der Waals surface area contributed by atoms with Gasteiger partial charge in [-0.25, -0.2) is 4.98 Å². The normalized spacial score (nSPS) is 10.7. The van der Waals surface area contributed by atoms with E-state index in [1.54, 1.807) is 11.3 Å². The lowest BCUT2D eigenvalue weighted by molar-refractivity contribution is 0.308. The first-order valence-corrected chi connectivity index (χ1v) is 8.37. The second-order valence-corrected chi connectivity index (χ2v) is 6.89. The smallest absolute Gasteiger partial charge is 0.142 e. The maximum atomic E-state index is 6.14. The molecule has 3 aromatic rings. The number of benzene rings is 2. The molecule has 1 heterocycles. The molecule has 0 radical (unpaired) electrons. The van der Waals surface area contributed by atoms with Gasteiger partial charge in [0.05, 0.1) is 11.4 Å². The zero-order valence-corrected chi connectivity index (χ0v) is 14.4. The van der Waals surface area contributed by atoms with Crippen molar-refractivity contribution in [2.45, 2.75) is 27.4 Å². The number of nitrogens with two attached hydrogens (primary N) is 1. The van der Waals surface area contributed by atoms with Gasteiger partial charge in [0, 0.05) is 10.4 Å². The number of nitrogens with zero attached hydrogens (tertiary/aromatic N) is 1. The Kier molecular flexibility index (Phi) is 4.35. The molecule has 2 aromatic carbocycles. The van der Waals surface area contributed by atoms with Crippen LogP contribution in [-0.4, -0.2) is 4.98 Å². The van der Waals surface area contributed by atoms with Crippen molar-refractivity contribution >= 4 is 17.0 Å². The fraction of sp³-hybridized carbons (Fsp3) is 0.211. The highest BCUT2D eigenvalue weighted by Crippen LogP contribution is 2.32. The summed E-state index contributed by atoms with van der Waals surface area (Å²) in [4.78, 5) is 5.81. The molecule has 0 saturated carbocycles. The third-order valence-corrected chi connectivity index (χ3v) is 4.92. The molecule has 4 heteroatoms. The number of hydrogen-bond acceptors (Lipinski definition) is 4. The standard InChI is InChI=1S/C19H20N2OS/c1-12-4-6-15(7-5-12)11-22-18-9-8-16(10-17(18)20)19-21-13(2)14(3)23-19/h4-10H,11,20H2,1-3H3. The Morgan fingerprint density at radius 2 is 1.78 bits per heavy atom. The van der Waals surface area contributed by atoms with E-state index in [0.717, 1.165) is 21.8 Å². The summed E-state index contributed by atoms with van der Waals surface area (Å²) in [6.45, 7) is 6.69. The van der Waals surface area contributed by atoms with Gasteiger partial charge in [-0.15, -0.1) is 11.3 Å². The second kappa shape index (κ2) is 6.42. The third-order valence-electron chi connectivity index (χ3n) is 3.80. The van der Waals surface area contributed by atoms with Crippen LogP contribution < -0.4 is 10.5 Å². The van der Waals surface area contributed by atoms with Crippen LogP contribution in [0.2, 0.25) is 0 Å². The highest BCUT2D eigenvalue weighted by molar-refractivity contribution is 7.15. The SMILES string of the molecule is Cc1ccc(COc2ccc(-c3nc(C)c(C)s3)cc2N)cc1. The lowest BCUT2D eigenvalue weighted by atomic mass is 10.1. The minimum absolute atomic E-state index is 0.513. The summed E-state index contributed by atoms with van der Waals surface area (Å²) >= 11 is 1.69. The van der Waals surface area contributed by atoms with E-state index in [9.17, 15) is 0 Å². The van der Waals surface area contributed by atoms with Crippen LogP contribution in [0.25, 0.3) is 10.6 Å². The van der Waals surface area contributed by atoms with E-state index < -0.39 is 0 Å². The zero-order valence-electron chi connectivity index (χ0n) is 13.6. The molecule has 118 valence electrons. The second-order valence-electron chi connectivity index (χ2n) is 5.69. The van der Waals surface area contributed by atoms with Crippen molar-refractivity contribution in [3.8, 4) is 16.3 Å². The fourth-order valence-corrected chi connectivity index (χ4v) is 3.17. The Bertz CT molecular complexity index is 802. The molecule has 3 rings (SSSR count). The molecule has 0 saturated heterocycles. The van der Waals surface area contributed by atoms with Crippen molar-refractivity contribution in [2.75, 3.05) is 5.73 Å². The van der Waals surface area contributed by atoms with Gasteiger partial charge < -0.3 is 10.5 Å². The summed E-state index contributed by atoms with van der Waals surface area (Å²) in [7, 11) is 0. The number of aryl methyl sites for hydroxylation is 3. The third kappa shape index (κ3) is 3.54. The fourth-order valence-electron chi connectivity index (χ4n) is 2.25. The predicted molar refractivity (Wildman–Crippen MR) is 96.9 cm³/mol. The van der Waals surface area contributed by atoms with Gasteiger partial charge in [0.25, 0.3) is 0 Å². The van der Waals surface area contributed by atoms with Gasteiger partial charge in [0.15, 0.2) is 0 Å². The molecule has 0 aliphatic rings. The first-order chi connectivity index (χ1) is 11.0. The lowest BCUT2D eigenvalue weighted by Crippen LogP contribution is -1.99. The van der Waals surface area contributed by atoms with E-state index in [1.807, 2.05) is 25.1 Å². The topological polar surface area (TPSA) is 48.1 Å². The van der Waals surface area contributed by atoms with Crippen LogP contribution in [0.15, 0.2) is 42.5 Å². The molecule has 0 aliphatic carbocycles. The largest absolute Gasteiger partial charge is 0.487 e. The predicted octanol–water partition coefficient (Wildman–Crippen LogP) is 4.90. The van der Waals surface area contributed by atoms with E-state index in [1.165, 1.54) is 10.4 Å². The Labute approximate surface area is 140 Å². The number of nitrogen functional groups attached to an aromatic ring is 1. The molecule has 0 spiro atoms. The number of anilines is 1. The summed E-state index contributed by atoms with van der Waals surface area (Å²) in [5, 5.41) is 0.997. The minimum Gasteiger partial charge on any atom is -0.487 e. The van der Waals surface area contributed by atoms with Crippen LogP contribution in [0, 0.1) is 20.8 Å². The van der Waals surface area contributed by atoms with E-state index in [-0.39, 0.29) is 0 Å². The number of hydrogen-bond donors (Lipinski definition) is 1. The molecule has 0 unspecified atom stereocenters. The summed E-state index contributed by atoms with van der Waals surface area (Å²) in [6, 6.07) is 14.2. The number of ether oxygens (including phenoxy) is 1. The van der Waals surface area contributed by atoms with Crippen LogP contribution in [0.5, 0.6) is 5.75 Å². The van der Waals surface area contributed by atoms with Gasteiger partial charge in [-0.3, -0.25) is 0 Å². The van der Waals surface area contributed by atoms with Crippen molar-refractivity contribution in [1.82, 2.24) is 4.98 Å².